The molecule has 0 radical (unpaired) electrons. The molecule has 0 unspecified atom stereocenters. The molecule has 1 heterocycles. The summed E-state index contributed by atoms with van der Waals surface area (Å²) in [6.45, 7) is 15.3. The highest BCUT2D eigenvalue weighted by Gasteiger charge is 2.32. The highest BCUT2D eigenvalue weighted by molar-refractivity contribution is 5.94. The fourth-order valence-electron chi connectivity index (χ4n) is 3.14. The van der Waals surface area contributed by atoms with E-state index in [0.717, 1.165) is 31.5 Å². The number of halogens is 1. The first-order valence-electron chi connectivity index (χ1n) is 10.0. The first kappa shape index (κ1) is 22.9. The molecule has 1 saturated heterocycles. The van der Waals surface area contributed by atoms with Gasteiger partial charge in [-0.2, -0.15) is 0 Å². The van der Waals surface area contributed by atoms with Crippen molar-refractivity contribution in [3.63, 3.8) is 0 Å². The Morgan fingerprint density at radius 2 is 1.97 bits per heavy atom. The van der Waals surface area contributed by atoms with Crippen LogP contribution in [0.5, 0.6) is 5.75 Å². The number of hydrogen-bond acceptors (Lipinski definition) is 5. The monoisotopic (exact) mass is 403 g/mol. The van der Waals surface area contributed by atoms with Crippen LogP contribution in [0.2, 0.25) is 0 Å². The number of rotatable bonds is 7. The maximum atomic E-state index is 13.8. The van der Waals surface area contributed by atoms with Gasteiger partial charge in [-0.25, -0.2) is 9.38 Å². The summed E-state index contributed by atoms with van der Waals surface area (Å²) in [5, 5.41) is 0. The van der Waals surface area contributed by atoms with Crippen molar-refractivity contribution in [1.82, 2.24) is 4.90 Å². The molecule has 29 heavy (non-hydrogen) atoms. The lowest BCUT2D eigenvalue weighted by molar-refractivity contribution is 0.0707. The number of likely N-dealkylation sites (tertiary alicyclic amines) is 1. The predicted molar refractivity (Wildman–Crippen MR) is 116 cm³/mol. The zero-order valence-electron chi connectivity index (χ0n) is 18.1. The second-order valence-corrected chi connectivity index (χ2v) is 8.90. The van der Waals surface area contributed by atoms with Crippen LogP contribution in [-0.2, 0) is 4.74 Å². The summed E-state index contributed by atoms with van der Waals surface area (Å²) in [4.78, 5) is 6.63. The number of aliphatic imine (C=N–C) groups is 1. The molecule has 1 aliphatic heterocycles. The number of benzene rings is 1. The van der Waals surface area contributed by atoms with Crippen molar-refractivity contribution in [2.45, 2.75) is 46.1 Å². The van der Waals surface area contributed by atoms with Gasteiger partial charge in [0.15, 0.2) is 11.6 Å². The Labute approximate surface area is 174 Å². The van der Waals surface area contributed by atoms with Gasteiger partial charge in [0.05, 0.1) is 6.61 Å². The number of piperidine rings is 1. The maximum absolute atomic E-state index is 13.8. The summed E-state index contributed by atoms with van der Waals surface area (Å²) in [6, 6.07) is 6.54. The molecule has 160 valence electrons. The predicted octanol–water partition coefficient (Wildman–Crippen LogP) is 4.51. The SMILES string of the molecule is C=C(CN1CCC(C)(COc2ccccc2F)CC1)/C(=N\C=C/N)OC(C)(C)C. The van der Waals surface area contributed by atoms with Crippen molar-refractivity contribution in [2.75, 3.05) is 26.2 Å². The summed E-state index contributed by atoms with van der Waals surface area (Å²) >= 11 is 0. The minimum Gasteiger partial charge on any atom is -0.490 e. The third-order valence-corrected chi connectivity index (χ3v) is 4.87. The molecule has 0 aromatic heterocycles. The first-order valence-corrected chi connectivity index (χ1v) is 10.0. The van der Waals surface area contributed by atoms with Crippen molar-refractivity contribution in [1.29, 1.82) is 0 Å². The van der Waals surface area contributed by atoms with Crippen molar-refractivity contribution >= 4 is 5.90 Å². The zero-order chi connectivity index (χ0) is 21.5. The summed E-state index contributed by atoms with van der Waals surface area (Å²) < 4.78 is 25.5. The molecular formula is C23H34FN3O2. The van der Waals surface area contributed by atoms with E-state index in [1.165, 1.54) is 18.5 Å². The average Bonchev–Trinajstić information content (AvgIpc) is 2.65. The molecule has 0 atom stereocenters. The van der Waals surface area contributed by atoms with E-state index >= 15 is 0 Å². The van der Waals surface area contributed by atoms with Crippen molar-refractivity contribution in [2.24, 2.45) is 16.1 Å². The van der Waals surface area contributed by atoms with Gasteiger partial charge in [0, 0.05) is 29.9 Å². The fraction of sp³-hybridized carbons (Fsp3) is 0.522. The van der Waals surface area contributed by atoms with Crippen LogP contribution in [0.15, 0.2) is 53.8 Å². The van der Waals surface area contributed by atoms with Crippen LogP contribution in [-0.4, -0.2) is 42.6 Å². The molecule has 0 aliphatic carbocycles. The van der Waals surface area contributed by atoms with Gasteiger partial charge in [0.25, 0.3) is 0 Å². The van der Waals surface area contributed by atoms with Crippen LogP contribution in [0, 0.1) is 11.2 Å². The molecule has 1 aromatic carbocycles. The highest BCUT2D eigenvalue weighted by atomic mass is 19.1. The van der Waals surface area contributed by atoms with Gasteiger partial charge in [-0.1, -0.05) is 25.6 Å². The molecule has 1 aliphatic rings. The van der Waals surface area contributed by atoms with Gasteiger partial charge >= 0.3 is 0 Å². The number of nitrogens with two attached hydrogens (primary N) is 1. The summed E-state index contributed by atoms with van der Waals surface area (Å²) in [5.74, 6) is 0.509. The average molecular weight is 404 g/mol. The topological polar surface area (TPSA) is 60.1 Å². The molecule has 1 fully saturated rings. The lowest BCUT2D eigenvalue weighted by Crippen LogP contribution is -2.43. The Morgan fingerprint density at radius 3 is 2.55 bits per heavy atom. The van der Waals surface area contributed by atoms with E-state index in [1.54, 1.807) is 18.2 Å². The Kier molecular flexibility index (Phi) is 7.85. The largest absolute Gasteiger partial charge is 0.490 e. The van der Waals surface area contributed by atoms with Gasteiger partial charge in [-0.3, -0.25) is 4.90 Å². The molecule has 1 aromatic rings. The minimum absolute atomic E-state index is 0.0151. The fourth-order valence-corrected chi connectivity index (χ4v) is 3.14. The van der Waals surface area contributed by atoms with Crippen LogP contribution >= 0.6 is 0 Å². The summed E-state index contributed by atoms with van der Waals surface area (Å²) in [6.07, 6.45) is 4.81. The van der Waals surface area contributed by atoms with Gasteiger partial charge in [0.1, 0.15) is 5.60 Å². The highest BCUT2D eigenvalue weighted by Crippen LogP contribution is 2.32. The summed E-state index contributed by atoms with van der Waals surface area (Å²) in [5.41, 5.74) is 5.89. The van der Waals surface area contributed by atoms with Crippen LogP contribution in [0.4, 0.5) is 4.39 Å². The zero-order valence-corrected chi connectivity index (χ0v) is 18.1. The smallest absolute Gasteiger partial charge is 0.217 e. The number of hydrogen-bond donors (Lipinski definition) is 1. The lowest BCUT2D eigenvalue weighted by atomic mass is 9.81. The van der Waals surface area contributed by atoms with Crippen LogP contribution in [0.1, 0.15) is 40.5 Å². The van der Waals surface area contributed by atoms with E-state index < -0.39 is 0 Å². The molecule has 0 saturated carbocycles. The van der Waals surface area contributed by atoms with Crippen LogP contribution in [0.25, 0.3) is 0 Å². The van der Waals surface area contributed by atoms with E-state index in [2.05, 4.69) is 23.4 Å². The van der Waals surface area contributed by atoms with E-state index in [0.29, 0.717) is 24.8 Å². The van der Waals surface area contributed by atoms with E-state index in [-0.39, 0.29) is 16.8 Å². The maximum Gasteiger partial charge on any atom is 0.217 e. The lowest BCUT2D eigenvalue weighted by Gasteiger charge is -2.39. The van der Waals surface area contributed by atoms with Crippen molar-refractivity contribution in [3.8, 4) is 5.75 Å². The Balaban J connectivity index is 1.89. The Bertz CT molecular complexity index is 745. The molecule has 5 nitrogen and oxygen atoms in total. The standard InChI is InChI=1S/C23H34FN3O2/c1-18(21(26-13-12-25)29-22(2,3)4)16-27-14-10-23(5,11-15-27)17-28-20-9-7-6-8-19(20)24/h6-9,12-13H,1,10-11,14-17,25H2,2-5H3/b13-12-,26-21+. The Morgan fingerprint density at radius 1 is 1.31 bits per heavy atom. The van der Waals surface area contributed by atoms with E-state index in [9.17, 15) is 4.39 Å². The number of ether oxygens (including phenoxy) is 2. The van der Waals surface area contributed by atoms with Crippen molar-refractivity contribution < 1.29 is 13.9 Å². The Hall–Kier alpha value is -2.34. The molecule has 2 rings (SSSR count). The second kappa shape index (κ2) is 9.92. The molecule has 6 heteroatoms. The van der Waals surface area contributed by atoms with Gasteiger partial charge in [-0.05, 0) is 58.8 Å². The van der Waals surface area contributed by atoms with Crippen LogP contribution in [0.3, 0.4) is 0 Å². The van der Waals surface area contributed by atoms with Crippen LogP contribution < -0.4 is 10.5 Å². The third-order valence-electron chi connectivity index (χ3n) is 4.87. The third kappa shape index (κ3) is 7.54. The van der Waals surface area contributed by atoms with Crippen molar-refractivity contribution in [3.05, 3.63) is 54.6 Å². The number of para-hydroxylation sites is 1. The summed E-state index contributed by atoms with van der Waals surface area (Å²) in [7, 11) is 0. The second-order valence-electron chi connectivity index (χ2n) is 8.90. The molecular weight excluding hydrogens is 369 g/mol. The number of nitrogens with zero attached hydrogens (tertiary/aromatic N) is 2. The molecule has 0 amide bonds. The first-order chi connectivity index (χ1) is 13.6. The normalized spacial score (nSPS) is 18.0. The van der Waals surface area contributed by atoms with E-state index in [4.69, 9.17) is 15.2 Å². The van der Waals surface area contributed by atoms with Gasteiger partial charge < -0.3 is 15.2 Å². The molecule has 2 N–H and O–H groups in total. The molecule has 0 spiro atoms. The minimum atomic E-state index is -0.366. The van der Waals surface area contributed by atoms with E-state index in [1.807, 2.05) is 20.8 Å². The molecule has 0 bridgehead atoms. The van der Waals surface area contributed by atoms with Gasteiger partial charge in [0.2, 0.25) is 5.90 Å². The van der Waals surface area contributed by atoms with Gasteiger partial charge in [-0.15, -0.1) is 0 Å². The quantitative estimate of drug-likeness (QED) is 0.538.